The molecular weight excluding hydrogens is 356 g/mol. The lowest BCUT2D eigenvalue weighted by atomic mass is 9.98. The number of carbonyl (C=O) groups is 1. The minimum Gasteiger partial charge on any atom is -0.493 e. The van der Waals surface area contributed by atoms with Crippen molar-refractivity contribution in [2.45, 2.75) is 52.1 Å². The third-order valence-corrected chi connectivity index (χ3v) is 4.65. The number of hydrogen-bond donors (Lipinski definition) is 2. The molecule has 1 heterocycles. The molecule has 7 nitrogen and oxygen atoms in total. The Morgan fingerprint density at radius 2 is 1.82 bits per heavy atom. The van der Waals surface area contributed by atoms with E-state index in [9.17, 15) is 4.79 Å². The molecule has 1 aliphatic rings. The molecular formula is C21H34N4O3. The van der Waals surface area contributed by atoms with Crippen molar-refractivity contribution in [1.29, 1.82) is 0 Å². The first-order valence-electron chi connectivity index (χ1n) is 9.77. The number of rotatable bonds is 6. The number of methoxy groups -OCH3 is 2. The van der Waals surface area contributed by atoms with E-state index >= 15 is 0 Å². The molecule has 0 bridgehead atoms. The highest BCUT2D eigenvalue weighted by Gasteiger charge is 2.22. The first-order chi connectivity index (χ1) is 13.3. The topological polar surface area (TPSA) is 75.2 Å². The molecule has 2 rings (SSSR count). The average molecular weight is 391 g/mol. The van der Waals surface area contributed by atoms with E-state index in [1.807, 2.05) is 17.0 Å². The monoisotopic (exact) mass is 390 g/mol. The van der Waals surface area contributed by atoms with E-state index in [-0.39, 0.29) is 11.4 Å². The van der Waals surface area contributed by atoms with Crippen LogP contribution < -0.4 is 20.1 Å². The predicted molar refractivity (Wildman–Crippen MR) is 112 cm³/mol. The van der Waals surface area contributed by atoms with Gasteiger partial charge in [0.05, 0.1) is 14.2 Å². The Morgan fingerprint density at radius 3 is 2.39 bits per heavy atom. The molecule has 7 heteroatoms. The third-order valence-electron chi connectivity index (χ3n) is 4.65. The van der Waals surface area contributed by atoms with Gasteiger partial charge in [-0.15, -0.1) is 0 Å². The van der Waals surface area contributed by atoms with Crippen LogP contribution in [0.15, 0.2) is 17.1 Å². The lowest BCUT2D eigenvalue weighted by Crippen LogP contribution is -2.47. The van der Waals surface area contributed by atoms with Gasteiger partial charge in [-0.05, 0) is 56.9 Å². The summed E-state index contributed by atoms with van der Waals surface area (Å²) in [6.45, 7) is 8.32. The number of carbonyl (C=O) groups excluding carboxylic acids is 1. The van der Waals surface area contributed by atoms with Crippen LogP contribution in [0.3, 0.4) is 0 Å². The molecule has 1 aromatic rings. The van der Waals surface area contributed by atoms with Crippen molar-refractivity contribution in [3.05, 3.63) is 23.3 Å². The predicted octanol–water partition coefficient (Wildman–Crippen LogP) is 2.33. The molecule has 0 radical (unpaired) electrons. The van der Waals surface area contributed by atoms with Gasteiger partial charge in [0.1, 0.15) is 0 Å². The van der Waals surface area contributed by atoms with Crippen LogP contribution >= 0.6 is 0 Å². The summed E-state index contributed by atoms with van der Waals surface area (Å²) in [5.74, 6) is 2.38. The zero-order chi connectivity index (χ0) is 20.7. The molecule has 1 amide bonds. The van der Waals surface area contributed by atoms with Crippen LogP contribution in [0.1, 0.15) is 44.7 Å². The summed E-state index contributed by atoms with van der Waals surface area (Å²) in [4.78, 5) is 18.8. The molecule has 0 fully saturated rings. The molecule has 2 N–H and O–H groups in total. The van der Waals surface area contributed by atoms with E-state index in [2.05, 4.69) is 36.4 Å². The highest BCUT2D eigenvalue weighted by molar-refractivity contribution is 5.80. The van der Waals surface area contributed by atoms with Crippen LogP contribution in [0.2, 0.25) is 0 Å². The van der Waals surface area contributed by atoms with E-state index in [4.69, 9.17) is 9.47 Å². The summed E-state index contributed by atoms with van der Waals surface area (Å²) in [6, 6.07) is 4.01. The maximum atomic E-state index is 12.6. The minimum atomic E-state index is -0.0530. The number of nitrogens with zero attached hydrogens (tertiary/aromatic N) is 2. The Balaban J connectivity index is 1.85. The van der Waals surface area contributed by atoms with Gasteiger partial charge in [0.2, 0.25) is 5.91 Å². The van der Waals surface area contributed by atoms with Crippen molar-refractivity contribution in [2.24, 2.45) is 4.99 Å². The van der Waals surface area contributed by atoms with Gasteiger partial charge in [-0.1, -0.05) is 0 Å². The molecule has 0 saturated heterocycles. The van der Waals surface area contributed by atoms with Crippen molar-refractivity contribution in [3.8, 4) is 11.5 Å². The van der Waals surface area contributed by atoms with Crippen molar-refractivity contribution < 1.29 is 14.3 Å². The normalized spacial score (nSPS) is 14.4. The van der Waals surface area contributed by atoms with Gasteiger partial charge in [0.15, 0.2) is 17.5 Å². The van der Waals surface area contributed by atoms with E-state index < -0.39 is 0 Å². The first-order valence-corrected chi connectivity index (χ1v) is 9.77. The van der Waals surface area contributed by atoms with Crippen LogP contribution in [0, 0.1) is 0 Å². The molecule has 0 saturated carbocycles. The summed E-state index contributed by atoms with van der Waals surface area (Å²) >= 11 is 0. The maximum Gasteiger partial charge on any atom is 0.222 e. The molecule has 28 heavy (non-hydrogen) atoms. The third kappa shape index (κ3) is 6.04. The number of guanidine groups is 1. The fourth-order valence-electron chi connectivity index (χ4n) is 3.23. The highest BCUT2D eigenvalue weighted by atomic mass is 16.5. The largest absolute Gasteiger partial charge is 0.493 e. The molecule has 1 aromatic carbocycles. The van der Waals surface area contributed by atoms with E-state index in [0.717, 1.165) is 36.7 Å². The highest BCUT2D eigenvalue weighted by Crippen LogP contribution is 2.33. The molecule has 0 aromatic heterocycles. The van der Waals surface area contributed by atoms with Gasteiger partial charge in [-0.3, -0.25) is 9.79 Å². The van der Waals surface area contributed by atoms with Crippen LogP contribution in [0.25, 0.3) is 0 Å². The van der Waals surface area contributed by atoms with Crippen LogP contribution in [0.4, 0.5) is 0 Å². The summed E-state index contributed by atoms with van der Waals surface area (Å²) in [5.41, 5.74) is 2.30. The second kappa shape index (κ2) is 9.66. The summed E-state index contributed by atoms with van der Waals surface area (Å²) in [7, 11) is 5.02. The van der Waals surface area contributed by atoms with E-state index in [1.165, 1.54) is 5.56 Å². The molecule has 0 aliphatic carbocycles. The molecule has 0 atom stereocenters. The molecule has 156 valence electrons. The smallest absolute Gasteiger partial charge is 0.222 e. The summed E-state index contributed by atoms with van der Waals surface area (Å²) in [6.07, 6.45) is 2.11. The van der Waals surface area contributed by atoms with E-state index in [1.54, 1.807) is 21.3 Å². The van der Waals surface area contributed by atoms with Gasteiger partial charge in [-0.25, -0.2) is 0 Å². The zero-order valence-electron chi connectivity index (χ0n) is 18.0. The van der Waals surface area contributed by atoms with Crippen LogP contribution in [-0.2, 0) is 17.8 Å². The van der Waals surface area contributed by atoms with Crippen LogP contribution in [0.5, 0.6) is 11.5 Å². The number of nitrogens with one attached hydrogen (secondary N) is 2. The lowest BCUT2D eigenvalue weighted by Gasteiger charge is -2.30. The second-order valence-corrected chi connectivity index (χ2v) is 8.02. The summed E-state index contributed by atoms with van der Waals surface area (Å²) < 4.78 is 10.8. The minimum absolute atomic E-state index is 0.0530. The van der Waals surface area contributed by atoms with E-state index in [0.29, 0.717) is 25.3 Å². The molecule has 1 aliphatic heterocycles. The lowest BCUT2D eigenvalue weighted by molar-refractivity contribution is -0.132. The van der Waals surface area contributed by atoms with Gasteiger partial charge >= 0.3 is 0 Å². The standard InChI is InChI=1S/C21H34N4O3/c1-21(2,3)24-20(22-4)23-10-7-8-19(26)25-11-9-15-12-17(27-5)18(28-6)13-16(15)14-25/h12-13H,7-11,14H2,1-6H3,(H2,22,23,24). The number of ether oxygens (including phenoxy) is 2. The number of aliphatic imine (C=N–C) groups is 1. The zero-order valence-corrected chi connectivity index (χ0v) is 18.0. The summed E-state index contributed by atoms with van der Waals surface area (Å²) in [5, 5.41) is 6.58. The van der Waals surface area contributed by atoms with Gasteiger partial charge in [-0.2, -0.15) is 0 Å². The maximum absolute atomic E-state index is 12.6. The Morgan fingerprint density at radius 1 is 1.18 bits per heavy atom. The van der Waals surface area contributed by atoms with Gasteiger partial charge < -0.3 is 25.0 Å². The van der Waals surface area contributed by atoms with Crippen LogP contribution in [-0.4, -0.2) is 56.7 Å². The Bertz CT molecular complexity index is 710. The number of amides is 1. The van der Waals surface area contributed by atoms with Crippen molar-refractivity contribution in [1.82, 2.24) is 15.5 Å². The van der Waals surface area contributed by atoms with Gasteiger partial charge in [0.25, 0.3) is 0 Å². The molecule has 0 unspecified atom stereocenters. The Labute approximate surface area is 168 Å². The fourth-order valence-corrected chi connectivity index (χ4v) is 3.23. The number of hydrogen-bond acceptors (Lipinski definition) is 4. The SMILES string of the molecule is CN=C(NCCCC(=O)N1CCc2cc(OC)c(OC)cc2C1)NC(C)(C)C. The van der Waals surface area contributed by atoms with Crippen molar-refractivity contribution >= 4 is 11.9 Å². The molecule has 0 spiro atoms. The second-order valence-electron chi connectivity index (χ2n) is 8.02. The first kappa shape index (κ1) is 21.9. The average Bonchev–Trinajstić information content (AvgIpc) is 2.67. The number of fused-ring (bicyclic) bond motifs is 1. The quantitative estimate of drug-likeness (QED) is 0.443. The van der Waals surface area contributed by atoms with Crippen molar-refractivity contribution in [3.63, 3.8) is 0 Å². The fraction of sp³-hybridized carbons (Fsp3) is 0.619. The van der Waals surface area contributed by atoms with Crippen molar-refractivity contribution in [2.75, 3.05) is 34.4 Å². The number of benzene rings is 1. The Hall–Kier alpha value is -2.44. The van der Waals surface area contributed by atoms with Gasteiger partial charge in [0, 0.05) is 38.6 Å². The Kier molecular flexibility index (Phi) is 7.54.